The molecule has 0 saturated carbocycles. The van der Waals surface area contributed by atoms with Crippen LogP contribution in [0.5, 0.6) is 0 Å². The predicted molar refractivity (Wildman–Crippen MR) is 90.7 cm³/mol. The summed E-state index contributed by atoms with van der Waals surface area (Å²) in [5.41, 5.74) is 0. The van der Waals surface area contributed by atoms with Crippen LogP contribution < -0.4 is 0 Å². The van der Waals surface area contributed by atoms with E-state index in [0.29, 0.717) is 0 Å². The normalized spacial score (nSPS) is 13.0. The van der Waals surface area contributed by atoms with E-state index in [-0.39, 0.29) is 12.1 Å². The first-order valence-electron chi connectivity index (χ1n) is 8.37. The van der Waals surface area contributed by atoms with Crippen molar-refractivity contribution in [1.82, 2.24) is 0 Å². The van der Waals surface area contributed by atoms with E-state index in [4.69, 9.17) is 4.74 Å². The monoisotopic (exact) mass is 316 g/mol. The second kappa shape index (κ2) is 12.0. The molecular formula is C17H33FO2Si. The Labute approximate surface area is 131 Å². The fourth-order valence-corrected chi connectivity index (χ4v) is 3.43. The van der Waals surface area contributed by atoms with Gasteiger partial charge in [-0.1, -0.05) is 51.5 Å². The molecule has 0 aliphatic carbocycles. The fraction of sp³-hybridized carbons (Fsp3) is 0.824. The number of unbranched alkanes of at least 4 members (excludes halogenated alkanes) is 7. The SMILES string of the molecule is C=CC(=O)OC(C)CCCCCCCCCC[Si](C)(C)F. The van der Waals surface area contributed by atoms with E-state index in [2.05, 4.69) is 6.58 Å². The Bertz CT molecular complexity index is 287. The molecule has 4 heteroatoms. The van der Waals surface area contributed by atoms with Crippen LogP contribution in [0.25, 0.3) is 0 Å². The van der Waals surface area contributed by atoms with Gasteiger partial charge in [-0.2, -0.15) is 0 Å². The Balaban J connectivity index is 3.26. The molecule has 0 heterocycles. The number of esters is 1. The summed E-state index contributed by atoms with van der Waals surface area (Å²) in [7, 11) is -2.31. The number of hydrogen-bond donors (Lipinski definition) is 0. The maximum Gasteiger partial charge on any atom is 0.330 e. The molecule has 0 aromatic heterocycles. The van der Waals surface area contributed by atoms with Crippen LogP contribution in [0.4, 0.5) is 4.11 Å². The molecule has 0 fully saturated rings. The van der Waals surface area contributed by atoms with Gasteiger partial charge in [0.2, 0.25) is 8.41 Å². The Kier molecular flexibility index (Phi) is 11.6. The first kappa shape index (κ1) is 20.4. The van der Waals surface area contributed by atoms with Crippen molar-refractivity contribution in [2.24, 2.45) is 0 Å². The van der Waals surface area contributed by atoms with Gasteiger partial charge in [0.1, 0.15) is 0 Å². The van der Waals surface area contributed by atoms with Gasteiger partial charge in [0.25, 0.3) is 0 Å². The molecule has 0 aliphatic heterocycles. The maximum absolute atomic E-state index is 13.4. The van der Waals surface area contributed by atoms with Gasteiger partial charge in [-0.05, 0) is 38.9 Å². The van der Waals surface area contributed by atoms with Crippen LogP contribution in [-0.2, 0) is 9.53 Å². The summed E-state index contributed by atoms with van der Waals surface area (Å²) in [4.78, 5) is 11.0. The van der Waals surface area contributed by atoms with Crippen molar-refractivity contribution in [1.29, 1.82) is 0 Å². The third kappa shape index (κ3) is 15.6. The molecule has 1 unspecified atom stereocenters. The lowest BCUT2D eigenvalue weighted by Crippen LogP contribution is -2.16. The Morgan fingerprint density at radius 1 is 1.10 bits per heavy atom. The van der Waals surface area contributed by atoms with E-state index >= 15 is 0 Å². The van der Waals surface area contributed by atoms with Crippen LogP contribution in [0.3, 0.4) is 0 Å². The summed E-state index contributed by atoms with van der Waals surface area (Å²) in [6.45, 7) is 8.90. The van der Waals surface area contributed by atoms with Crippen molar-refractivity contribution in [3.05, 3.63) is 12.7 Å². The van der Waals surface area contributed by atoms with Crippen molar-refractivity contribution in [3.8, 4) is 0 Å². The molecule has 0 saturated heterocycles. The maximum atomic E-state index is 13.4. The zero-order valence-corrected chi connectivity index (χ0v) is 15.1. The minimum absolute atomic E-state index is 0.0104. The van der Waals surface area contributed by atoms with Crippen molar-refractivity contribution in [3.63, 3.8) is 0 Å². The van der Waals surface area contributed by atoms with Gasteiger partial charge in [0.15, 0.2) is 0 Å². The largest absolute Gasteiger partial charge is 0.460 e. The fourth-order valence-electron chi connectivity index (χ4n) is 2.34. The average molecular weight is 317 g/mol. The predicted octanol–water partition coefficient (Wildman–Crippen LogP) is 5.79. The van der Waals surface area contributed by atoms with Crippen LogP contribution >= 0.6 is 0 Å². The number of hydrogen-bond acceptors (Lipinski definition) is 2. The molecule has 2 nitrogen and oxygen atoms in total. The Morgan fingerprint density at radius 3 is 2.05 bits per heavy atom. The standard InChI is InChI=1S/C17H33FO2Si/c1-5-17(19)20-16(2)14-12-10-8-6-7-9-11-13-15-21(3,4)18/h5,16H,1,6-15H2,2-4H3. The lowest BCUT2D eigenvalue weighted by atomic mass is 10.1. The van der Waals surface area contributed by atoms with E-state index in [1.165, 1.54) is 44.6 Å². The van der Waals surface area contributed by atoms with E-state index < -0.39 is 8.41 Å². The Morgan fingerprint density at radius 2 is 1.57 bits per heavy atom. The lowest BCUT2D eigenvalue weighted by molar-refractivity contribution is -0.142. The molecule has 0 N–H and O–H groups in total. The molecule has 0 radical (unpaired) electrons. The summed E-state index contributed by atoms with van der Waals surface area (Å²) in [6.07, 6.45) is 11.7. The molecule has 0 aliphatic rings. The average Bonchev–Trinajstić information content (AvgIpc) is 2.39. The number of rotatable bonds is 13. The van der Waals surface area contributed by atoms with Gasteiger partial charge in [-0.3, -0.25) is 0 Å². The van der Waals surface area contributed by atoms with Crippen molar-refractivity contribution in [2.45, 2.75) is 90.0 Å². The van der Waals surface area contributed by atoms with Gasteiger partial charge in [-0.15, -0.1) is 0 Å². The summed E-state index contributed by atoms with van der Waals surface area (Å²) in [5, 5.41) is 0. The second-order valence-electron chi connectivity index (χ2n) is 6.54. The van der Waals surface area contributed by atoms with E-state index in [1.54, 1.807) is 13.1 Å². The van der Waals surface area contributed by atoms with Crippen molar-refractivity contribution < 1.29 is 13.6 Å². The smallest absolute Gasteiger partial charge is 0.330 e. The molecule has 0 aromatic rings. The molecule has 21 heavy (non-hydrogen) atoms. The molecule has 0 amide bonds. The van der Waals surface area contributed by atoms with E-state index in [1.807, 2.05) is 6.92 Å². The first-order valence-corrected chi connectivity index (χ1v) is 11.5. The number of halogens is 1. The molecule has 0 rings (SSSR count). The quantitative estimate of drug-likeness (QED) is 0.141. The van der Waals surface area contributed by atoms with Crippen LogP contribution in [0.2, 0.25) is 19.1 Å². The second-order valence-corrected chi connectivity index (χ2v) is 10.5. The highest BCUT2D eigenvalue weighted by Gasteiger charge is 2.18. The highest BCUT2D eigenvalue weighted by Crippen LogP contribution is 2.17. The van der Waals surface area contributed by atoms with E-state index in [9.17, 15) is 8.90 Å². The number of ether oxygens (including phenoxy) is 1. The Hall–Kier alpha value is -0.643. The van der Waals surface area contributed by atoms with Crippen LogP contribution in [0, 0.1) is 0 Å². The highest BCUT2D eigenvalue weighted by molar-refractivity contribution is 6.70. The van der Waals surface area contributed by atoms with Gasteiger partial charge in [-0.25, -0.2) is 4.79 Å². The molecule has 1 atom stereocenters. The van der Waals surface area contributed by atoms with Gasteiger partial charge in [0, 0.05) is 6.08 Å². The third-order valence-corrected chi connectivity index (χ3v) is 5.16. The lowest BCUT2D eigenvalue weighted by Gasteiger charge is -2.11. The number of carbonyl (C=O) groups is 1. The van der Waals surface area contributed by atoms with Crippen molar-refractivity contribution >= 4 is 14.4 Å². The first-order chi connectivity index (χ1) is 9.85. The summed E-state index contributed by atoms with van der Waals surface area (Å²) in [5.74, 6) is -0.331. The summed E-state index contributed by atoms with van der Waals surface area (Å²) in [6, 6.07) is 0.814. The topological polar surface area (TPSA) is 26.3 Å². The number of carbonyl (C=O) groups excluding carboxylic acids is 1. The summed E-state index contributed by atoms with van der Waals surface area (Å²) < 4.78 is 18.5. The molecular weight excluding hydrogens is 283 g/mol. The van der Waals surface area contributed by atoms with Crippen molar-refractivity contribution in [2.75, 3.05) is 0 Å². The highest BCUT2D eigenvalue weighted by atomic mass is 28.4. The zero-order chi connectivity index (χ0) is 16.1. The van der Waals surface area contributed by atoms with Gasteiger partial charge < -0.3 is 8.84 Å². The molecule has 0 spiro atoms. The molecule has 124 valence electrons. The molecule has 0 aromatic carbocycles. The zero-order valence-electron chi connectivity index (χ0n) is 14.1. The van der Waals surface area contributed by atoms with Gasteiger partial charge in [0.05, 0.1) is 6.10 Å². The minimum Gasteiger partial charge on any atom is -0.460 e. The summed E-state index contributed by atoms with van der Waals surface area (Å²) >= 11 is 0. The van der Waals surface area contributed by atoms with Crippen LogP contribution in [0.1, 0.15) is 64.7 Å². The van der Waals surface area contributed by atoms with Crippen LogP contribution in [-0.4, -0.2) is 20.5 Å². The molecule has 0 bridgehead atoms. The minimum atomic E-state index is -2.31. The van der Waals surface area contributed by atoms with E-state index in [0.717, 1.165) is 25.3 Å². The third-order valence-electron chi connectivity index (χ3n) is 3.62. The van der Waals surface area contributed by atoms with Crippen LogP contribution in [0.15, 0.2) is 12.7 Å². The van der Waals surface area contributed by atoms with Gasteiger partial charge >= 0.3 is 5.97 Å².